The van der Waals surface area contributed by atoms with Crippen LogP contribution in [0.1, 0.15) is 33.1 Å². The lowest BCUT2D eigenvalue weighted by Gasteiger charge is -2.13. The van der Waals surface area contributed by atoms with Crippen LogP contribution in [0.4, 0.5) is 0 Å². The number of rotatable bonds is 6. The van der Waals surface area contributed by atoms with E-state index in [1.165, 1.54) is 12.8 Å². The fourth-order valence-corrected chi connectivity index (χ4v) is 0.997. The van der Waals surface area contributed by atoms with E-state index in [1.807, 2.05) is 0 Å². The maximum absolute atomic E-state index is 8.82. The Kier molecular flexibility index (Phi) is 6.98. The Morgan fingerprint density at radius 3 is 2.50 bits per heavy atom. The first-order valence-electron chi connectivity index (χ1n) is 4.19. The van der Waals surface area contributed by atoms with Crippen LogP contribution in [0.3, 0.4) is 0 Å². The van der Waals surface area contributed by atoms with Crippen LogP contribution in [-0.2, 0) is 0 Å². The van der Waals surface area contributed by atoms with Crippen LogP contribution in [-0.4, -0.2) is 24.3 Å². The van der Waals surface area contributed by atoms with E-state index in [2.05, 4.69) is 19.2 Å². The van der Waals surface area contributed by atoms with Crippen molar-refractivity contribution in [2.24, 2.45) is 0 Å². The number of nitrogens with one attached hydrogen (secondary N) is 1. The number of hydrogen-bond acceptors (Lipinski definition) is 2. The summed E-state index contributed by atoms with van der Waals surface area (Å²) in [4.78, 5) is 0. The number of likely N-dealkylation sites (N-methyl/N-ethyl adjacent to an activating group) is 1. The topological polar surface area (TPSA) is 32.3 Å². The lowest BCUT2D eigenvalue weighted by molar-refractivity contribution is 0.235. The molecule has 0 saturated carbocycles. The predicted octanol–water partition coefficient (Wildman–Crippen LogP) is 1.15. The first-order valence-corrected chi connectivity index (χ1v) is 4.19. The average Bonchev–Trinajstić information content (AvgIpc) is 1.98. The Balaban J connectivity index is 3.21. The van der Waals surface area contributed by atoms with Gasteiger partial charge in [-0.1, -0.05) is 26.7 Å². The molecule has 0 aliphatic heterocycles. The van der Waals surface area contributed by atoms with Gasteiger partial charge in [-0.2, -0.15) is 0 Å². The summed E-state index contributed by atoms with van der Waals surface area (Å²) in [5.41, 5.74) is 0. The fourth-order valence-electron chi connectivity index (χ4n) is 0.997. The van der Waals surface area contributed by atoms with Crippen molar-refractivity contribution in [3.8, 4) is 0 Å². The van der Waals surface area contributed by atoms with Crippen molar-refractivity contribution in [2.75, 3.05) is 13.2 Å². The van der Waals surface area contributed by atoms with Crippen LogP contribution in [0.2, 0.25) is 0 Å². The first kappa shape index (κ1) is 9.92. The predicted molar refractivity (Wildman–Crippen MR) is 44.1 cm³/mol. The Bertz CT molecular complexity index is 66.3. The normalized spacial score (nSPS) is 13.5. The molecule has 0 aromatic heterocycles. The second-order valence-electron chi connectivity index (χ2n) is 2.58. The summed E-state index contributed by atoms with van der Waals surface area (Å²) < 4.78 is 0. The van der Waals surface area contributed by atoms with Gasteiger partial charge in [0, 0.05) is 6.04 Å². The van der Waals surface area contributed by atoms with Gasteiger partial charge in [-0.25, -0.2) is 0 Å². The van der Waals surface area contributed by atoms with E-state index in [1.54, 1.807) is 0 Å². The van der Waals surface area contributed by atoms with Crippen molar-refractivity contribution in [3.05, 3.63) is 0 Å². The minimum Gasteiger partial charge on any atom is -0.395 e. The molecular weight excluding hydrogens is 126 g/mol. The molecular formula is C8H19NO. The molecule has 0 amide bonds. The van der Waals surface area contributed by atoms with Gasteiger partial charge in [0.05, 0.1) is 6.61 Å². The quantitative estimate of drug-likeness (QED) is 0.587. The van der Waals surface area contributed by atoms with Gasteiger partial charge in [0.15, 0.2) is 0 Å². The highest BCUT2D eigenvalue weighted by Crippen LogP contribution is 1.98. The van der Waals surface area contributed by atoms with E-state index in [-0.39, 0.29) is 6.61 Å². The lowest BCUT2D eigenvalue weighted by Crippen LogP contribution is -2.31. The molecule has 0 fully saturated rings. The highest BCUT2D eigenvalue weighted by atomic mass is 16.3. The van der Waals surface area contributed by atoms with Crippen LogP contribution in [0.25, 0.3) is 0 Å². The van der Waals surface area contributed by atoms with E-state index in [0.717, 1.165) is 13.0 Å². The average molecular weight is 145 g/mol. The van der Waals surface area contributed by atoms with Crippen molar-refractivity contribution in [2.45, 2.75) is 39.2 Å². The molecule has 62 valence electrons. The van der Waals surface area contributed by atoms with Crippen LogP contribution >= 0.6 is 0 Å². The van der Waals surface area contributed by atoms with Crippen LogP contribution in [0.15, 0.2) is 0 Å². The van der Waals surface area contributed by atoms with Crippen LogP contribution < -0.4 is 5.32 Å². The fraction of sp³-hybridized carbons (Fsp3) is 1.00. The summed E-state index contributed by atoms with van der Waals surface area (Å²) in [6.45, 7) is 5.46. The maximum Gasteiger partial charge on any atom is 0.0584 e. The van der Waals surface area contributed by atoms with Gasteiger partial charge < -0.3 is 10.4 Å². The third-order valence-electron chi connectivity index (χ3n) is 1.62. The Morgan fingerprint density at radius 1 is 1.40 bits per heavy atom. The van der Waals surface area contributed by atoms with Gasteiger partial charge in [-0.05, 0) is 13.0 Å². The number of unbranched alkanes of at least 4 members (excludes halogenated alkanes) is 1. The van der Waals surface area contributed by atoms with E-state index in [9.17, 15) is 0 Å². The molecule has 2 heteroatoms. The number of aliphatic hydroxyl groups excluding tert-OH is 1. The zero-order valence-corrected chi connectivity index (χ0v) is 7.06. The smallest absolute Gasteiger partial charge is 0.0584 e. The molecule has 1 atom stereocenters. The van der Waals surface area contributed by atoms with Crippen molar-refractivity contribution >= 4 is 0 Å². The summed E-state index contributed by atoms with van der Waals surface area (Å²) in [6, 6.07) is 0.324. The highest BCUT2D eigenvalue weighted by molar-refractivity contribution is 4.62. The zero-order chi connectivity index (χ0) is 7.82. The van der Waals surface area contributed by atoms with Crippen molar-refractivity contribution < 1.29 is 5.11 Å². The van der Waals surface area contributed by atoms with Crippen molar-refractivity contribution in [3.63, 3.8) is 0 Å². The van der Waals surface area contributed by atoms with E-state index in [0.29, 0.717) is 6.04 Å². The zero-order valence-electron chi connectivity index (χ0n) is 7.06. The Labute approximate surface area is 63.6 Å². The van der Waals surface area contributed by atoms with E-state index < -0.39 is 0 Å². The standard InChI is InChI=1S/C8H19NO/c1-3-5-6-8(7-10)9-4-2/h8-10H,3-7H2,1-2H3/t8-/m0/s1. The third kappa shape index (κ3) is 4.77. The van der Waals surface area contributed by atoms with E-state index >= 15 is 0 Å². The molecule has 0 rings (SSSR count). The summed E-state index contributed by atoms with van der Waals surface area (Å²) >= 11 is 0. The number of hydrogen-bond donors (Lipinski definition) is 2. The van der Waals surface area contributed by atoms with Gasteiger partial charge in [0.2, 0.25) is 0 Å². The molecule has 10 heavy (non-hydrogen) atoms. The summed E-state index contributed by atoms with van der Waals surface area (Å²) in [6.07, 6.45) is 3.51. The van der Waals surface area contributed by atoms with E-state index in [4.69, 9.17) is 5.11 Å². The summed E-state index contributed by atoms with van der Waals surface area (Å²) in [7, 11) is 0. The van der Waals surface area contributed by atoms with Gasteiger partial charge in [0.1, 0.15) is 0 Å². The second kappa shape index (κ2) is 7.03. The lowest BCUT2D eigenvalue weighted by atomic mass is 10.1. The molecule has 2 nitrogen and oxygen atoms in total. The minimum atomic E-state index is 0.272. The molecule has 0 aliphatic carbocycles. The monoisotopic (exact) mass is 145 g/mol. The third-order valence-corrected chi connectivity index (χ3v) is 1.62. The molecule has 0 radical (unpaired) electrons. The summed E-state index contributed by atoms with van der Waals surface area (Å²) in [5, 5.41) is 12.0. The van der Waals surface area contributed by atoms with Gasteiger partial charge in [-0.3, -0.25) is 0 Å². The van der Waals surface area contributed by atoms with Crippen molar-refractivity contribution in [1.82, 2.24) is 5.32 Å². The molecule has 0 saturated heterocycles. The first-order chi connectivity index (χ1) is 4.85. The maximum atomic E-state index is 8.82. The van der Waals surface area contributed by atoms with Crippen molar-refractivity contribution in [1.29, 1.82) is 0 Å². The van der Waals surface area contributed by atoms with Gasteiger partial charge >= 0.3 is 0 Å². The minimum absolute atomic E-state index is 0.272. The molecule has 0 heterocycles. The van der Waals surface area contributed by atoms with Crippen LogP contribution in [0, 0.1) is 0 Å². The number of aliphatic hydroxyl groups is 1. The molecule has 0 bridgehead atoms. The SMILES string of the molecule is CCCC[C@@H](CO)NCC. The van der Waals surface area contributed by atoms with Gasteiger partial charge in [-0.15, -0.1) is 0 Å². The second-order valence-corrected chi connectivity index (χ2v) is 2.58. The summed E-state index contributed by atoms with van der Waals surface area (Å²) in [5.74, 6) is 0. The largest absolute Gasteiger partial charge is 0.395 e. The molecule has 0 aliphatic rings. The molecule has 0 aromatic rings. The van der Waals surface area contributed by atoms with Gasteiger partial charge in [0.25, 0.3) is 0 Å². The molecule has 0 aromatic carbocycles. The van der Waals surface area contributed by atoms with Crippen LogP contribution in [0.5, 0.6) is 0 Å². The highest BCUT2D eigenvalue weighted by Gasteiger charge is 2.02. The molecule has 0 unspecified atom stereocenters. The molecule has 2 N–H and O–H groups in total. The Morgan fingerprint density at radius 2 is 2.10 bits per heavy atom. The Hall–Kier alpha value is -0.0800. The molecule has 0 spiro atoms.